The molecule has 0 saturated carbocycles. The van der Waals surface area contributed by atoms with Crippen molar-refractivity contribution in [3.05, 3.63) is 59.2 Å². The van der Waals surface area contributed by atoms with Crippen LogP contribution in [0.4, 0.5) is 0 Å². The average molecular weight is 396 g/mol. The number of amides is 1. The highest BCUT2D eigenvalue weighted by molar-refractivity contribution is 5.94. The number of piperazine rings is 1. The summed E-state index contributed by atoms with van der Waals surface area (Å²) in [6, 6.07) is 13.9. The highest BCUT2D eigenvalue weighted by Gasteiger charge is 2.23. The van der Waals surface area contributed by atoms with E-state index in [0.717, 1.165) is 55.3 Å². The zero-order valence-corrected chi connectivity index (χ0v) is 17.1. The molecule has 1 amide bonds. The molecule has 2 heterocycles. The average Bonchev–Trinajstić information content (AvgIpc) is 3.20. The third-order valence-electron chi connectivity index (χ3n) is 5.29. The van der Waals surface area contributed by atoms with Crippen LogP contribution in [0, 0.1) is 0 Å². The van der Waals surface area contributed by atoms with Gasteiger partial charge >= 0.3 is 0 Å². The molecule has 2 aliphatic heterocycles. The summed E-state index contributed by atoms with van der Waals surface area (Å²) < 4.78 is 16.4. The van der Waals surface area contributed by atoms with Crippen LogP contribution >= 0.6 is 0 Å². The Hall–Kier alpha value is -2.57. The zero-order chi connectivity index (χ0) is 20.2. The maximum absolute atomic E-state index is 12.8. The second-order valence-corrected chi connectivity index (χ2v) is 7.81. The summed E-state index contributed by atoms with van der Waals surface area (Å²) in [7, 11) is 0. The predicted octanol–water partition coefficient (Wildman–Crippen LogP) is 3.30. The van der Waals surface area contributed by atoms with Crippen LogP contribution < -0.4 is 9.47 Å². The van der Waals surface area contributed by atoms with Gasteiger partial charge in [0.1, 0.15) is 0 Å². The number of benzene rings is 2. The second-order valence-electron chi connectivity index (χ2n) is 7.81. The monoisotopic (exact) mass is 396 g/mol. The Balaban J connectivity index is 1.28. The molecule has 154 valence electrons. The molecule has 1 fully saturated rings. The Bertz CT molecular complexity index is 842. The second kappa shape index (κ2) is 8.84. The van der Waals surface area contributed by atoms with Crippen LogP contribution in [0.3, 0.4) is 0 Å². The normalized spacial score (nSPS) is 16.4. The number of rotatable bonds is 6. The Labute approximate surface area is 172 Å². The third kappa shape index (κ3) is 4.89. The number of fused-ring (bicyclic) bond motifs is 1. The molecule has 0 atom stereocenters. The minimum atomic E-state index is 0.101. The van der Waals surface area contributed by atoms with Gasteiger partial charge in [-0.2, -0.15) is 0 Å². The first-order valence-corrected chi connectivity index (χ1v) is 10.2. The van der Waals surface area contributed by atoms with Crippen molar-refractivity contribution in [1.82, 2.24) is 9.80 Å². The van der Waals surface area contributed by atoms with E-state index in [4.69, 9.17) is 14.2 Å². The molecule has 2 aromatic carbocycles. The van der Waals surface area contributed by atoms with Crippen LogP contribution in [-0.4, -0.2) is 54.8 Å². The van der Waals surface area contributed by atoms with Crippen molar-refractivity contribution in [2.45, 2.75) is 33.1 Å². The number of ether oxygens (including phenoxy) is 3. The highest BCUT2D eigenvalue weighted by Crippen LogP contribution is 2.32. The van der Waals surface area contributed by atoms with Gasteiger partial charge < -0.3 is 19.1 Å². The van der Waals surface area contributed by atoms with Crippen LogP contribution in [0.2, 0.25) is 0 Å². The number of carbonyl (C=O) groups is 1. The van der Waals surface area contributed by atoms with Gasteiger partial charge in [0, 0.05) is 38.3 Å². The number of hydrogen-bond donors (Lipinski definition) is 0. The predicted molar refractivity (Wildman–Crippen MR) is 110 cm³/mol. The van der Waals surface area contributed by atoms with E-state index < -0.39 is 0 Å². The standard InChI is InChI=1S/C23H28N2O4/c1-17(2)27-15-18-3-6-20(7-4-18)23(26)25-11-9-24(10-12-25)14-19-5-8-21-22(13-19)29-16-28-21/h3-8,13,17H,9-12,14-16H2,1-2H3. The highest BCUT2D eigenvalue weighted by atomic mass is 16.7. The molecule has 4 rings (SSSR count). The van der Waals surface area contributed by atoms with Crippen molar-refractivity contribution in [3.8, 4) is 11.5 Å². The maximum Gasteiger partial charge on any atom is 0.253 e. The van der Waals surface area contributed by atoms with Gasteiger partial charge in [-0.05, 0) is 49.2 Å². The molecule has 0 N–H and O–H groups in total. The molecule has 6 nitrogen and oxygen atoms in total. The number of hydrogen-bond acceptors (Lipinski definition) is 5. The van der Waals surface area contributed by atoms with Crippen LogP contribution in [0.25, 0.3) is 0 Å². The molecular weight excluding hydrogens is 368 g/mol. The molecule has 0 aromatic heterocycles. The summed E-state index contributed by atoms with van der Waals surface area (Å²) in [4.78, 5) is 17.1. The Morgan fingerprint density at radius 3 is 2.38 bits per heavy atom. The van der Waals surface area contributed by atoms with E-state index in [0.29, 0.717) is 13.4 Å². The smallest absolute Gasteiger partial charge is 0.253 e. The maximum atomic E-state index is 12.8. The van der Waals surface area contributed by atoms with Gasteiger partial charge in [0.2, 0.25) is 6.79 Å². The summed E-state index contributed by atoms with van der Waals surface area (Å²) >= 11 is 0. The molecule has 0 radical (unpaired) electrons. The summed E-state index contributed by atoms with van der Waals surface area (Å²) in [5.41, 5.74) is 3.03. The molecular formula is C23H28N2O4. The molecule has 0 spiro atoms. The van der Waals surface area contributed by atoms with Crippen LogP contribution in [0.15, 0.2) is 42.5 Å². The minimum absolute atomic E-state index is 0.101. The lowest BCUT2D eigenvalue weighted by molar-refractivity contribution is 0.0624. The fraction of sp³-hybridized carbons (Fsp3) is 0.435. The number of nitrogens with zero attached hydrogens (tertiary/aromatic N) is 2. The van der Waals surface area contributed by atoms with Crippen LogP contribution in [-0.2, 0) is 17.9 Å². The molecule has 0 bridgehead atoms. The van der Waals surface area contributed by atoms with E-state index in [1.807, 2.05) is 55.1 Å². The SMILES string of the molecule is CC(C)OCc1ccc(C(=O)N2CCN(Cc3ccc4c(c3)OCO4)CC2)cc1. The lowest BCUT2D eigenvalue weighted by atomic mass is 10.1. The fourth-order valence-corrected chi connectivity index (χ4v) is 3.60. The van der Waals surface area contributed by atoms with Crippen molar-refractivity contribution >= 4 is 5.91 Å². The minimum Gasteiger partial charge on any atom is -0.454 e. The number of carbonyl (C=O) groups excluding carboxylic acids is 1. The van der Waals surface area contributed by atoms with Crippen LogP contribution in [0.5, 0.6) is 11.5 Å². The van der Waals surface area contributed by atoms with E-state index in [-0.39, 0.29) is 12.0 Å². The molecule has 6 heteroatoms. The molecule has 1 saturated heterocycles. The van der Waals surface area contributed by atoms with E-state index in [1.165, 1.54) is 5.56 Å². The lowest BCUT2D eigenvalue weighted by Crippen LogP contribution is -2.48. The molecule has 2 aliphatic rings. The summed E-state index contributed by atoms with van der Waals surface area (Å²) in [6.07, 6.45) is 0.199. The Morgan fingerprint density at radius 1 is 0.966 bits per heavy atom. The van der Waals surface area contributed by atoms with Gasteiger partial charge in [-0.1, -0.05) is 18.2 Å². The van der Waals surface area contributed by atoms with Gasteiger partial charge in [0.15, 0.2) is 11.5 Å². The summed E-state index contributed by atoms with van der Waals surface area (Å²) in [5.74, 6) is 1.73. The molecule has 2 aromatic rings. The quantitative estimate of drug-likeness (QED) is 0.750. The Morgan fingerprint density at radius 2 is 1.66 bits per heavy atom. The first-order chi connectivity index (χ1) is 14.1. The van der Waals surface area contributed by atoms with E-state index in [2.05, 4.69) is 11.0 Å². The van der Waals surface area contributed by atoms with Gasteiger partial charge in [0.25, 0.3) is 5.91 Å². The van der Waals surface area contributed by atoms with Crippen molar-refractivity contribution in [2.24, 2.45) is 0 Å². The van der Waals surface area contributed by atoms with E-state index in [1.54, 1.807) is 0 Å². The topological polar surface area (TPSA) is 51.2 Å². The van der Waals surface area contributed by atoms with Crippen molar-refractivity contribution in [1.29, 1.82) is 0 Å². The van der Waals surface area contributed by atoms with Gasteiger partial charge in [-0.3, -0.25) is 9.69 Å². The molecule has 0 aliphatic carbocycles. The van der Waals surface area contributed by atoms with Crippen molar-refractivity contribution < 1.29 is 19.0 Å². The molecule has 0 unspecified atom stereocenters. The summed E-state index contributed by atoms with van der Waals surface area (Å²) in [5, 5.41) is 0. The van der Waals surface area contributed by atoms with E-state index >= 15 is 0 Å². The van der Waals surface area contributed by atoms with Gasteiger partial charge in [-0.15, -0.1) is 0 Å². The zero-order valence-electron chi connectivity index (χ0n) is 17.1. The fourth-order valence-electron chi connectivity index (χ4n) is 3.60. The first-order valence-electron chi connectivity index (χ1n) is 10.2. The largest absolute Gasteiger partial charge is 0.454 e. The lowest BCUT2D eigenvalue weighted by Gasteiger charge is -2.34. The summed E-state index contributed by atoms with van der Waals surface area (Å²) in [6.45, 7) is 8.96. The van der Waals surface area contributed by atoms with E-state index in [9.17, 15) is 4.79 Å². The van der Waals surface area contributed by atoms with Gasteiger partial charge in [-0.25, -0.2) is 0 Å². The first kappa shape index (κ1) is 19.7. The third-order valence-corrected chi connectivity index (χ3v) is 5.29. The van der Waals surface area contributed by atoms with Gasteiger partial charge in [0.05, 0.1) is 12.7 Å². The van der Waals surface area contributed by atoms with Crippen LogP contribution in [0.1, 0.15) is 35.3 Å². The Kier molecular flexibility index (Phi) is 6.02. The molecule has 29 heavy (non-hydrogen) atoms. The van der Waals surface area contributed by atoms with Crippen molar-refractivity contribution in [2.75, 3.05) is 33.0 Å². The van der Waals surface area contributed by atoms with Crippen molar-refractivity contribution in [3.63, 3.8) is 0 Å².